The summed E-state index contributed by atoms with van der Waals surface area (Å²) in [5, 5.41) is 136. The minimum Gasteiger partial charge on any atom is -0.508 e. The highest BCUT2D eigenvalue weighted by atomic mass is 35.5. The van der Waals surface area contributed by atoms with Gasteiger partial charge in [0.15, 0.2) is 29.9 Å². The van der Waals surface area contributed by atoms with Gasteiger partial charge in [0.2, 0.25) is 53.4 Å². The molecule has 0 unspecified atom stereocenters. The second-order valence-corrected chi connectivity index (χ2v) is 32.8. The molecule has 0 spiro atoms. The van der Waals surface area contributed by atoms with Crippen molar-refractivity contribution in [2.45, 2.75) is 208 Å². The number of nitrogens with one attached hydrogen (secondary N) is 8. The maximum atomic E-state index is 16.2. The van der Waals surface area contributed by atoms with Crippen LogP contribution in [-0.2, 0) is 52.6 Å². The first-order valence-electron chi connectivity index (χ1n) is 37.4. The quantitative estimate of drug-likeness (QED) is 0.0259. The molecule has 7 amide bonds. The van der Waals surface area contributed by atoms with Crippen molar-refractivity contribution in [2.75, 3.05) is 31.7 Å². The number of carboxylic acids is 1. The van der Waals surface area contributed by atoms with Crippen LogP contribution in [0.1, 0.15) is 157 Å². The normalized spacial score (nSPS) is 27.4. The topological polar surface area (TPSA) is 517 Å². The Bertz CT molecular complexity index is 4350. The molecular formula is C77H97Cl2N9O24S2. The average molecular weight is 1670 g/mol. The number of aliphatic hydroxyl groups excluding tert-OH is 6. The van der Waals surface area contributed by atoms with Crippen LogP contribution in [0.3, 0.4) is 0 Å². The Labute approximate surface area is 674 Å². The summed E-state index contributed by atoms with van der Waals surface area (Å²) < 4.78 is 39.4. The number of phenols is 3. The highest BCUT2D eigenvalue weighted by molar-refractivity contribution is 8.76. The molecule has 18 atom stereocenters. The third-order valence-corrected chi connectivity index (χ3v) is 23.5. The number of halogens is 2. The Morgan fingerprint density at radius 1 is 0.693 bits per heavy atom. The number of fused-ring (bicyclic) bond motifs is 15. The van der Waals surface area contributed by atoms with E-state index < -0.39 is 231 Å². The lowest BCUT2D eigenvalue weighted by atomic mass is 9.85. The van der Waals surface area contributed by atoms with E-state index in [0.29, 0.717) is 13.0 Å². The largest absolute Gasteiger partial charge is 0.508 e. The number of aliphatic hydroxyl groups is 6. The highest BCUT2D eigenvalue weighted by Crippen LogP contribution is 2.50. The molecule has 37 heteroatoms. The van der Waals surface area contributed by atoms with Crippen LogP contribution in [0.4, 0.5) is 0 Å². The number of nitrogens with two attached hydrogens (primary N) is 1. The molecule has 7 heterocycles. The zero-order chi connectivity index (χ0) is 82.7. The van der Waals surface area contributed by atoms with E-state index in [1.165, 1.54) is 51.3 Å². The van der Waals surface area contributed by atoms with Crippen LogP contribution < -0.4 is 62.5 Å². The molecule has 2 fully saturated rings. The third-order valence-electron chi connectivity index (χ3n) is 20.3. The lowest BCUT2D eigenvalue weighted by molar-refractivity contribution is -0.334. The van der Waals surface area contributed by atoms with Crippen LogP contribution in [0.5, 0.6) is 46.0 Å². The van der Waals surface area contributed by atoms with Gasteiger partial charge in [-0.1, -0.05) is 116 Å². The van der Waals surface area contributed by atoms with Crippen molar-refractivity contribution in [1.29, 1.82) is 0 Å². The van der Waals surface area contributed by atoms with Crippen molar-refractivity contribution in [3.8, 4) is 57.1 Å². The van der Waals surface area contributed by atoms with Crippen LogP contribution in [-0.4, -0.2) is 209 Å². The fourth-order valence-electron chi connectivity index (χ4n) is 14.2. The molecule has 0 radical (unpaired) electrons. The standard InChI is InChI=1S/C77H97Cl2N9O24S2/c1-7-8-9-10-11-12-21-113-114-22-13-20-82-77(5)32-55(107-35(4)68(77)98)111-67-65(97)64(96)53(33-89)110-76(67)112-66-51-27-39-28-52(66)109-50-19-16-38(26-44(50)79)63(95)61-74(104)86-59(75(105)106)42-29-40(90)30-48(92)56(42)41-24-36(14-17-47(41)91)57(71(101)88-61)85-72(102)58(39)84-70(100)46(31-54(80)93)83-73(103)60(87-69(99)45(81-6)23-34(2)3)62(94)37-15-18-49(108-51)43(78)25-37/h14-19,24-30,34-35,45-46,53,55,57-65,67-68,76,81-82,89-92,94-98H,7-13,20-23,31-33H2,1-6H3,(H2,80,93)(H,83,103)(H,84,100)(H,85,102)(H,86,104)(H,87,99)(H,88,101)(H,105,106)/t35-,45-,46+,53+,55+,57-,58-,59+,60-,61+,62-,63-,64+,65+,67+,68-,76-,77+/m1/s1. The first kappa shape index (κ1) is 87.9. The smallest absolute Gasteiger partial charge is 0.330 e. The van der Waals surface area contributed by atoms with Crippen LogP contribution in [0, 0.1) is 5.92 Å². The number of ether oxygens (including phenoxy) is 6. The molecule has 12 rings (SSSR count). The van der Waals surface area contributed by atoms with Crippen LogP contribution in [0.2, 0.25) is 10.0 Å². The fourth-order valence-corrected chi connectivity index (χ4v) is 16.9. The maximum absolute atomic E-state index is 16.2. The monoisotopic (exact) mass is 1670 g/mol. The van der Waals surface area contributed by atoms with Crippen molar-refractivity contribution in [1.82, 2.24) is 42.5 Å². The molecule has 20 N–H and O–H groups in total. The first-order valence-corrected chi connectivity index (χ1v) is 40.6. The minimum atomic E-state index is -2.35. The number of aliphatic carboxylic acids is 1. The van der Waals surface area contributed by atoms with Gasteiger partial charge in [0, 0.05) is 46.2 Å². The predicted octanol–water partition coefficient (Wildman–Crippen LogP) is 4.87. The summed E-state index contributed by atoms with van der Waals surface area (Å²) in [5.41, 5.74) is 1.89. The van der Waals surface area contributed by atoms with Gasteiger partial charge in [-0.3, -0.25) is 33.6 Å². The zero-order valence-electron chi connectivity index (χ0n) is 63.1. The molecule has 0 saturated carbocycles. The van der Waals surface area contributed by atoms with E-state index in [9.17, 15) is 75.0 Å². The second-order valence-electron chi connectivity index (χ2n) is 29.3. The molecular weight excluding hydrogens is 1570 g/mol. The summed E-state index contributed by atoms with van der Waals surface area (Å²) in [6, 6.07) is -0.427. The van der Waals surface area contributed by atoms with Gasteiger partial charge in [-0.15, -0.1) is 0 Å². The zero-order valence-corrected chi connectivity index (χ0v) is 66.3. The molecule has 5 aromatic carbocycles. The van der Waals surface area contributed by atoms with Crippen LogP contribution >= 0.6 is 44.8 Å². The Hall–Kier alpha value is -8.50. The fraction of sp³-hybridized carbons (Fsp3) is 0.506. The minimum absolute atomic E-state index is 0.0911. The van der Waals surface area contributed by atoms with Crippen molar-refractivity contribution in [3.63, 3.8) is 0 Å². The van der Waals surface area contributed by atoms with E-state index in [0.717, 1.165) is 84.7 Å². The Morgan fingerprint density at radius 3 is 1.93 bits per heavy atom. The Balaban J connectivity index is 1.15. The summed E-state index contributed by atoms with van der Waals surface area (Å²) in [6.07, 6.45) is -10.3. The Kier molecular flexibility index (Phi) is 30.0. The van der Waals surface area contributed by atoms with E-state index >= 15 is 14.4 Å². The maximum Gasteiger partial charge on any atom is 0.330 e. The number of benzene rings is 5. The van der Waals surface area contributed by atoms with E-state index in [-0.39, 0.29) is 52.0 Å². The molecule has 7 aliphatic rings. The molecule has 5 aromatic rings. The molecule has 2 saturated heterocycles. The number of hydrogen-bond donors (Lipinski definition) is 19. The predicted molar refractivity (Wildman–Crippen MR) is 416 cm³/mol. The number of carbonyl (C=O) groups excluding carboxylic acids is 7. The molecule has 0 aromatic heterocycles. The van der Waals surface area contributed by atoms with Crippen molar-refractivity contribution in [2.24, 2.45) is 11.7 Å². The number of hydrogen-bond acceptors (Lipinski definition) is 27. The number of carboxylic acid groups (broad SMARTS) is 1. The summed E-state index contributed by atoms with van der Waals surface area (Å²) in [7, 11) is 5.04. The number of unbranched alkanes of at least 4 members (excludes halogenated alkanes) is 5. The highest BCUT2D eigenvalue weighted by Gasteiger charge is 2.52. The first-order chi connectivity index (χ1) is 54.2. The van der Waals surface area contributed by atoms with Gasteiger partial charge in [0.25, 0.3) is 0 Å². The van der Waals surface area contributed by atoms with Gasteiger partial charge >= 0.3 is 5.97 Å². The number of amides is 7. The molecule has 11 bridgehead atoms. The molecule has 620 valence electrons. The van der Waals surface area contributed by atoms with Gasteiger partial charge in [-0.05, 0) is 129 Å². The molecule has 33 nitrogen and oxygen atoms in total. The summed E-state index contributed by atoms with van der Waals surface area (Å²) >= 11 is 14.3. The third kappa shape index (κ3) is 20.8. The van der Waals surface area contributed by atoms with E-state index in [2.05, 4.69) is 49.5 Å². The lowest BCUT2D eigenvalue weighted by Gasteiger charge is -2.48. The number of carbonyl (C=O) groups is 8. The van der Waals surface area contributed by atoms with Crippen molar-refractivity contribution >= 4 is 92.1 Å². The average Bonchev–Trinajstić information content (AvgIpc) is 0.771. The van der Waals surface area contributed by atoms with E-state index in [1.54, 1.807) is 35.4 Å². The molecule has 114 heavy (non-hydrogen) atoms. The van der Waals surface area contributed by atoms with E-state index in [1.807, 2.05) is 13.8 Å². The van der Waals surface area contributed by atoms with Crippen LogP contribution in [0.15, 0.2) is 78.9 Å². The molecule has 0 aliphatic carbocycles. The number of likely N-dealkylation sites (N-methyl/N-ethyl adjacent to an activating group) is 1. The second kappa shape index (κ2) is 39.0. The number of rotatable bonds is 26. The lowest BCUT2D eigenvalue weighted by Crippen LogP contribution is -2.65. The Morgan fingerprint density at radius 2 is 1.31 bits per heavy atom. The van der Waals surface area contributed by atoms with Gasteiger partial charge in [0.1, 0.15) is 89.5 Å². The van der Waals surface area contributed by atoms with Gasteiger partial charge in [-0.25, -0.2) is 4.79 Å². The number of aromatic hydroxyl groups is 3. The number of primary amides is 1. The van der Waals surface area contributed by atoms with Gasteiger partial charge in [0.05, 0.1) is 41.3 Å². The van der Waals surface area contributed by atoms with E-state index in [4.69, 9.17) is 57.4 Å². The summed E-state index contributed by atoms with van der Waals surface area (Å²) in [4.78, 5) is 118. The van der Waals surface area contributed by atoms with Crippen LogP contribution in [0.25, 0.3) is 11.1 Å². The summed E-state index contributed by atoms with van der Waals surface area (Å²) in [5.74, 6) is -14.0. The molecule has 7 aliphatic heterocycles. The number of phenolic OH excluding ortho intramolecular Hbond substituents is 3. The van der Waals surface area contributed by atoms with Crippen molar-refractivity contribution < 1.29 is 118 Å². The summed E-state index contributed by atoms with van der Waals surface area (Å²) in [6.45, 7) is 8.71. The van der Waals surface area contributed by atoms with Gasteiger partial charge < -0.3 is 128 Å². The van der Waals surface area contributed by atoms with Gasteiger partial charge in [-0.2, -0.15) is 0 Å². The SMILES string of the molecule is CCCCCCCCSSCCCN[C@@]1(C)C[C@H](O[C@@H]2[C@@H](Oc3c4cc5cc3Oc3ccc(cc3Cl)[C@@H](O)[C@@H](NC(=O)[C@@H](CC(C)C)NC)C(=O)N[C@@H](CC(N)=O)C(=O)N[C@H]5C(=O)N[C@H]3C(=O)N[C@H](C(=O)N[C@H](C(=O)O)c5cc(O)cc(O)c5-c5cc3ccc5O)[C@H](O)c3ccc(c(Cl)c3)O4)O[C@@H](CO)[C@H](O)[C@@H]2O)O[C@H](C)[C@H]1O. The van der Waals surface area contributed by atoms with Crippen molar-refractivity contribution in [3.05, 3.63) is 117 Å².